The van der Waals surface area contributed by atoms with Crippen molar-refractivity contribution in [3.8, 4) is 0 Å². The molecule has 0 bridgehead atoms. The van der Waals surface area contributed by atoms with Gasteiger partial charge in [-0.15, -0.1) is 0 Å². The lowest BCUT2D eigenvalue weighted by atomic mass is 10.1. The lowest BCUT2D eigenvalue weighted by Crippen LogP contribution is -2.37. The molecule has 0 radical (unpaired) electrons. The fraction of sp³-hybridized carbons (Fsp3) is 0.300. The molecule has 0 atom stereocenters. The van der Waals surface area contributed by atoms with Crippen LogP contribution in [0, 0.1) is 0 Å². The summed E-state index contributed by atoms with van der Waals surface area (Å²) in [4.78, 5) is 8.74. The number of ether oxygens (including phenoxy) is 1. The van der Waals surface area contributed by atoms with Crippen LogP contribution in [0.3, 0.4) is 0 Å². The summed E-state index contributed by atoms with van der Waals surface area (Å²) in [6.45, 7) is 2.57. The van der Waals surface area contributed by atoms with Crippen molar-refractivity contribution in [2.45, 2.75) is 19.6 Å². The molecule has 3 rings (SSSR count). The molecule has 3 aromatic rings. The summed E-state index contributed by atoms with van der Waals surface area (Å²) in [5, 5.41) is 8.95. The molecule has 0 aliphatic heterocycles. The Hall–Kier alpha value is -2.86. The molecule has 0 unspecified atom stereocenters. The van der Waals surface area contributed by atoms with Gasteiger partial charge in [-0.3, -0.25) is 9.98 Å². The van der Waals surface area contributed by atoms with Crippen LogP contribution < -0.4 is 10.6 Å². The molecule has 6 nitrogen and oxygen atoms in total. The molecular weight excluding hydrogens is 328 g/mol. The van der Waals surface area contributed by atoms with Crippen molar-refractivity contribution < 1.29 is 9.15 Å². The summed E-state index contributed by atoms with van der Waals surface area (Å²) < 4.78 is 10.8. The first-order chi connectivity index (χ1) is 12.9. The summed E-state index contributed by atoms with van der Waals surface area (Å²) in [7, 11) is 1.76. The fourth-order valence-corrected chi connectivity index (χ4v) is 2.66. The first kappa shape index (κ1) is 17.9. The summed E-state index contributed by atoms with van der Waals surface area (Å²) in [6, 6.07) is 14.0. The van der Waals surface area contributed by atoms with Gasteiger partial charge in [-0.1, -0.05) is 24.3 Å². The minimum atomic E-state index is 0.507. The van der Waals surface area contributed by atoms with E-state index in [9.17, 15) is 0 Å². The number of aromatic nitrogens is 1. The second-order valence-electron chi connectivity index (χ2n) is 5.82. The van der Waals surface area contributed by atoms with Gasteiger partial charge in [0.1, 0.15) is 12.4 Å². The highest BCUT2D eigenvalue weighted by atomic mass is 16.5. The van der Waals surface area contributed by atoms with Crippen LogP contribution in [0.2, 0.25) is 0 Å². The van der Waals surface area contributed by atoms with Gasteiger partial charge in [-0.25, -0.2) is 0 Å². The van der Waals surface area contributed by atoms with Gasteiger partial charge in [-0.05, 0) is 30.0 Å². The van der Waals surface area contributed by atoms with Crippen LogP contribution in [0.1, 0.15) is 17.9 Å². The number of nitrogens with zero attached hydrogens (tertiary/aromatic N) is 2. The maximum absolute atomic E-state index is 5.57. The molecule has 2 heterocycles. The molecule has 136 valence electrons. The second-order valence-corrected chi connectivity index (χ2v) is 5.82. The number of hydrogen-bond donors (Lipinski definition) is 2. The molecule has 0 saturated carbocycles. The molecule has 2 aromatic heterocycles. The van der Waals surface area contributed by atoms with Gasteiger partial charge in [0.15, 0.2) is 5.96 Å². The SMILES string of the molecule is CN=C(NCCCOCc1ccco1)NCc1nccc2ccccc12. The highest BCUT2D eigenvalue weighted by Crippen LogP contribution is 2.15. The Morgan fingerprint density at radius 2 is 2.08 bits per heavy atom. The molecule has 0 amide bonds. The Morgan fingerprint density at radius 1 is 1.15 bits per heavy atom. The molecule has 0 spiro atoms. The lowest BCUT2D eigenvalue weighted by Gasteiger charge is -2.12. The zero-order valence-electron chi connectivity index (χ0n) is 14.9. The highest BCUT2D eigenvalue weighted by Gasteiger charge is 2.03. The summed E-state index contributed by atoms with van der Waals surface area (Å²) in [5.74, 6) is 1.60. The Labute approximate surface area is 153 Å². The van der Waals surface area contributed by atoms with Crippen molar-refractivity contribution in [2.75, 3.05) is 20.2 Å². The average Bonchev–Trinajstić information content (AvgIpc) is 3.20. The van der Waals surface area contributed by atoms with Crippen molar-refractivity contribution in [2.24, 2.45) is 4.99 Å². The fourth-order valence-electron chi connectivity index (χ4n) is 2.66. The number of guanidine groups is 1. The number of fused-ring (bicyclic) bond motifs is 1. The normalized spacial score (nSPS) is 11.7. The Bertz CT molecular complexity index is 825. The summed E-state index contributed by atoms with van der Waals surface area (Å²) >= 11 is 0. The van der Waals surface area contributed by atoms with Gasteiger partial charge in [0.05, 0.1) is 18.5 Å². The molecule has 1 aromatic carbocycles. The smallest absolute Gasteiger partial charge is 0.191 e. The Kier molecular flexibility index (Phi) is 6.61. The first-order valence-corrected chi connectivity index (χ1v) is 8.74. The predicted octanol–water partition coefficient (Wildman–Crippen LogP) is 3.10. The standard InChI is InChI=1S/C20H24N4O2/c1-21-20(23-10-5-12-25-15-17-7-4-13-26-17)24-14-19-18-8-3-2-6-16(18)9-11-22-19/h2-4,6-9,11,13H,5,10,12,14-15H2,1H3,(H2,21,23,24). The van der Waals surface area contributed by atoms with Crippen LogP contribution in [0.25, 0.3) is 10.8 Å². The van der Waals surface area contributed by atoms with Crippen LogP contribution in [0.4, 0.5) is 0 Å². The minimum absolute atomic E-state index is 0.507. The third-order valence-corrected chi connectivity index (χ3v) is 3.99. The maximum Gasteiger partial charge on any atom is 0.191 e. The third-order valence-electron chi connectivity index (χ3n) is 3.99. The Morgan fingerprint density at radius 3 is 2.92 bits per heavy atom. The zero-order valence-corrected chi connectivity index (χ0v) is 14.9. The van der Waals surface area contributed by atoms with E-state index in [4.69, 9.17) is 9.15 Å². The van der Waals surface area contributed by atoms with E-state index >= 15 is 0 Å². The number of rotatable bonds is 8. The van der Waals surface area contributed by atoms with Gasteiger partial charge < -0.3 is 19.8 Å². The number of furan rings is 1. The van der Waals surface area contributed by atoms with Crippen molar-refractivity contribution in [1.29, 1.82) is 0 Å². The first-order valence-electron chi connectivity index (χ1n) is 8.74. The van der Waals surface area contributed by atoms with E-state index in [2.05, 4.69) is 32.7 Å². The van der Waals surface area contributed by atoms with Crippen molar-refractivity contribution in [1.82, 2.24) is 15.6 Å². The second kappa shape index (κ2) is 9.58. The third kappa shape index (κ3) is 5.07. The van der Waals surface area contributed by atoms with Crippen LogP contribution >= 0.6 is 0 Å². The number of pyridine rings is 1. The lowest BCUT2D eigenvalue weighted by molar-refractivity contribution is 0.105. The number of benzene rings is 1. The Balaban J connectivity index is 1.39. The van der Waals surface area contributed by atoms with Crippen molar-refractivity contribution in [3.05, 3.63) is 66.4 Å². The average molecular weight is 352 g/mol. The number of nitrogens with one attached hydrogen (secondary N) is 2. The molecular formula is C20H24N4O2. The highest BCUT2D eigenvalue weighted by molar-refractivity contribution is 5.85. The van der Waals surface area contributed by atoms with Crippen LogP contribution in [0.15, 0.2) is 64.3 Å². The van der Waals surface area contributed by atoms with E-state index < -0.39 is 0 Å². The van der Waals surface area contributed by atoms with Gasteiger partial charge in [-0.2, -0.15) is 0 Å². The summed E-state index contributed by atoms with van der Waals surface area (Å²) in [6.07, 6.45) is 4.38. The van der Waals surface area contributed by atoms with E-state index in [1.54, 1.807) is 13.3 Å². The largest absolute Gasteiger partial charge is 0.467 e. The van der Waals surface area contributed by atoms with E-state index in [1.165, 1.54) is 5.39 Å². The van der Waals surface area contributed by atoms with E-state index in [-0.39, 0.29) is 0 Å². The van der Waals surface area contributed by atoms with Crippen LogP contribution in [-0.2, 0) is 17.9 Å². The minimum Gasteiger partial charge on any atom is -0.467 e. The van der Waals surface area contributed by atoms with Crippen molar-refractivity contribution in [3.63, 3.8) is 0 Å². The number of hydrogen-bond acceptors (Lipinski definition) is 4. The predicted molar refractivity (Wildman–Crippen MR) is 103 cm³/mol. The quantitative estimate of drug-likeness (QED) is 0.370. The molecule has 0 aliphatic rings. The van der Waals surface area contributed by atoms with Gasteiger partial charge in [0.2, 0.25) is 0 Å². The monoisotopic (exact) mass is 352 g/mol. The molecule has 6 heteroatoms. The molecule has 26 heavy (non-hydrogen) atoms. The zero-order chi connectivity index (χ0) is 18.0. The molecule has 0 fully saturated rings. The molecule has 2 N–H and O–H groups in total. The van der Waals surface area contributed by atoms with E-state index in [1.807, 2.05) is 36.5 Å². The van der Waals surface area contributed by atoms with Gasteiger partial charge >= 0.3 is 0 Å². The van der Waals surface area contributed by atoms with E-state index in [0.717, 1.165) is 35.8 Å². The van der Waals surface area contributed by atoms with Gasteiger partial charge in [0, 0.05) is 31.8 Å². The molecule has 0 saturated heterocycles. The molecule has 0 aliphatic carbocycles. The van der Waals surface area contributed by atoms with Gasteiger partial charge in [0.25, 0.3) is 0 Å². The van der Waals surface area contributed by atoms with E-state index in [0.29, 0.717) is 19.8 Å². The topological polar surface area (TPSA) is 71.7 Å². The van der Waals surface area contributed by atoms with Crippen molar-refractivity contribution >= 4 is 16.7 Å². The van der Waals surface area contributed by atoms with Crippen LogP contribution in [0.5, 0.6) is 0 Å². The maximum atomic E-state index is 5.57. The summed E-state index contributed by atoms with van der Waals surface area (Å²) in [5.41, 5.74) is 1.01. The van der Waals surface area contributed by atoms with Crippen LogP contribution in [-0.4, -0.2) is 31.1 Å². The number of aliphatic imine (C=N–C) groups is 1.